The SMILES string of the molecule is Cc1cc(N2CCN(C3CN(C(=O)Cc4ccc(Nc5cc6cc(-c7cnc8c(c7C)NCCO8)ccc6cn5)cc4F)C3)CC2)ccc1N1CCC(=O)NC1=O. The number of benzene rings is 3. The number of pyridine rings is 2. The molecule has 4 aliphatic heterocycles. The summed E-state index contributed by atoms with van der Waals surface area (Å²) in [5, 5.41) is 11.0. The van der Waals surface area contributed by atoms with Gasteiger partial charge in [-0.3, -0.25) is 24.7 Å². The van der Waals surface area contributed by atoms with Crippen molar-refractivity contribution in [2.45, 2.75) is 32.7 Å². The standard InChI is InChI=1S/C43H44FN9O4/c1-26-17-33(7-8-37(26)53-11-9-39(54)49-43(53)56)50-12-14-51(15-13-50)34-24-52(25-34)40(55)20-29-5-6-32(21-36(29)44)48-38-19-31-18-28(3-4-30(31)22-46-38)35-23-47-42-41(27(35)2)45-10-16-57-42/h3-8,17-19,21-23,34,45H,9-16,20,24-25H2,1-2H3,(H,46,48)(H,49,54,56). The third-order valence-electron chi connectivity index (χ3n) is 11.6. The fourth-order valence-corrected chi connectivity index (χ4v) is 8.25. The van der Waals surface area contributed by atoms with Crippen LogP contribution in [0.2, 0.25) is 0 Å². The van der Waals surface area contributed by atoms with E-state index in [1.165, 1.54) is 6.07 Å². The van der Waals surface area contributed by atoms with Crippen LogP contribution in [0.1, 0.15) is 23.1 Å². The minimum Gasteiger partial charge on any atom is -0.474 e. The molecular weight excluding hydrogens is 726 g/mol. The molecule has 0 unspecified atom stereocenters. The first-order chi connectivity index (χ1) is 27.7. The van der Waals surface area contributed by atoms with Gasteiger partial charge in [0.15, 0.2) is 0 Å². The molecule has 3 saturated heterocycles. The Kier molecular flexibility index (Phi) is 9.57. The van der Waals surface area contributed by atoms with E-state index in [4.69, 9.17) is 4.74 Å². The molecule has 3 fully saturated rings. The number of urea groups is 1. The topological polar surface area (TPSA) is 135 Å². The van der Waals surface area contributed by atoms with Crippen LogP contribution in [-0.4, -0.2) is 103 Å². The molecule has 4 amide bonds. The first-order valence-corrected chi connectivity index (χ1v) is 19.5. The van der Waals surface area contributed by atoms with Gasteiger partial charge in [-0.05, 0) is 84.0 Å². The van der Waals surface area contributed by atoms with E-state index >= 15 is 4.39 Å². The van der Waals surface area contributed by atoms with E-state index < -0.39 is 5.82 Å². The molecule has 13 nitrogen and oxygen atoms in total. The molecule has 3 N–H and O–H groups in total. The van der Waals surface area contributed by atoms with Crippen LogP contribution >= 0.6 is 0 Å². The van der Waals surface area contributed by atoms with E-state index in [9.17, 15) is 14.4 Å². The zero-order valence-electron chi connectivity index (χ0n) is 32.0. The number of hydrogen-bond donors (Lipinski definition) is 3. The second-order valence-electron chi connectivity index (χ2n) is 15.2. The number of ether oxygens (including phenoxy) is 1. The molecule has 0 aliphatic carbocycles. The number of amides is 4. The number of carbonyl (C=O) groups excluding carboxylic acids is 3. The quantitative estimate of drug-likeness (QED) is 0.183. The first kappa shape index (κ1) is 36.4. The number of piperazine rings is 1. The number of likely N-dealkylation sites (tertiary alicyclic amines) is 1. The Labute approximate surface area is 329 Å². The monoisotopic (exact) mass is 769 g/mol. The third kappa shape index (κ3) is 7.28. The van der Waals surface area contributed by atoms with Gasteiger partial charge in [0.05, 0.1) is 6.42 Å². The molecule has 6 heterocycles. The summed E-state index contributed by atoms with van der Waals surface area (Å²) in [6.45, 7) is 10.5. The molecule has 2 aromatic heterocycles. The van der Waals surface area contributed by atoms with Crippen LogP contribution in [0.25, 0.3) is 21.9 Å². The molecular formula is C43H44FN9O4. The lowest BCUT2D eigenvalue weighted by Crippen LogP contribution is -2.64. The lowest BCUT2D eigenvalue weighted by molar-refractivity contribution is -0.138. The van der Waals surface area contributed by atoms with Gasteiger partial charge in [0.25, 0.3) is 0 Å². The maximum absolute atomic E-state index is 15.4. The van der Waals surface area contributed by atoms with Crippen molar-refractivity contribution in [1.29, 1.82) is 0 Å². The van der Waals surface area contributed by atoms with Crippen molar-refractivity contribution in [2.24, 2.45) is 0 Å². The van der Waals surface area contributed by atoms with E-state index in [0.717, 1.165) is 82.8 Å². The number of aromatic nitrogens is 2. The molecule has 5 aromatic rings. The van der Waals surface area contributed by atoms with Crippen molar-refractivity contribution >= 4 is 57.2 Å². The Morgan fingerprint density at radius 3 is 2.56 bits per heavy atom. The smallest absolute Gasteiger partial charge is 0.328 e. The normalized spacial score (nSPS) is 17.4. The van der Waals surface area contributed by atoms with E-state index in [2.05, 4.69) is 60.8 Å². The van der Waals surface area contributed by atoms with Crippen molar-refractivity contribution in [3.05, 3.63) is 95.6 Å². The zero-order chi connectivity index (χ0) is 39.2. The van der Waals surface area contributed by atoms with Gasteiger partial charge in [-0.15, -0.1) is 0 Å². The van der Waals surface area contributed by atoms with E-state index in [0.29, 0.717) is 55.6 Å². The van der Waals surface area contributed by atoms with Crippen molar-refractivity contribution in [2.75, 3.05) is 79.4 Å². The Morgan fingerprint density at radius 1 is 0.930 bits per heavy atom. The lowest BCUT2D eigenvalue weighted by atomic mass is 9.99. The zero-order valence-corrected chi connectivity index (χ0v) is 32.0. The highest BCUT2D eigenvalue weighted by Crippen LogP contribution is 2.36. The number of rotatable bonds is 8. The maximum Gasteiger partial charge on any atom is 0.328 e. The average Bonchev–Trinajstić information content (AvgIpc) is 3.19. The largest absolute Gasteiger partial charge is 0.474 e. The Balaban J connectivity index is 0.768. The van der Waals surface area contributed by atoms with E-state index in [1.807, 2.05) is 42.3 Å². The Morgan fingerprint density at radius 2 is 1.77 bits per heavy atom. The summed E-state index contributed by atoms with van der Waals surface area (Å²) in [6, 6.07) is 19.0. The van der Waals surface area contributed by atoms with Gasteiger partial charge < -0.3 is 25.2 Å². The third-order valence-corrected chi connectivity index (χ3v) is 11.6. The summed E-state index contributed by atoms with van der Waals surface area (Å²) in [5.74, 6) is 0.456. The summed E-state index contributed by atoms with van der Waals surface area (Å²) < 4.78 is 21.1. The minimum absolute atomic E-state index is 0.00691. The highest BCUT2D eigenvalue weighted by molar-refractivity contribution is 6.06. The summed E-state index contributed by atoms with van der Waals surface area (Å²) in [7, 11) is 0. The van der Waals surface area contributed by atoms with Crippen molar-refractivity contribution < 1.29 is 23.5 Å². The predicted octanol–water partition coefficient (Wildman–Crippen LogP) is 5.62. The molecule has 0 atom stereocenters. The number of hydrogen-bond acceptors (Lipinski definition) is 10. The van der Waals surface area contributed by atoms with Crippen LogP contribution in [0.5, 0.6) is 5.88 Å². The molecule has 0 saturated carbocycles. The number of carbonyl (C=O) groups is 3. The molecule has 14 heteroatoms. The minimum atomic E-state index is -0.435. The van der Waals surface area contributed by atoms with Gasteiger partial charge in [-0.1, -0.05) is 18.2 Å². The molecule has 0 spiro atoms. The van der Waals surface area contributed by atoms with Crippen LogP contribution in [-0.2, 0) is 16.0 Å². The molecule has 292 valence electrons. The first-order valence-electron chi connectivity index (χ1n) is 19.5. The highest BCUT2D eigenvalue weighted by Gasteiger charge is 2.36. The Hall–Kier alpha value is -6.28. The summed E-state index contributed by atoms with van der Waals surface area (Å²) >= 11 is 0. The molecule has 4 aliphatic rings. The van der Waals surface area contributed by atoms with Crippen LogP contribution in [0.4, 0.5) is 37.8 Å². The van der Waals surface area contributed by atoms with E-state index in [1.54, 1.807) is 23.2 Å². The van der Waals surface area contributed by atoms with Gasteiger partial charge in [0.2, 0.25) is 17.7 Å². The molecule has 0 radical (unpaired) electrons. The second kappa shape index (κ2) is 15.0. The summed E-state index contributed by atoms with van der Waals surface area (Å²) in [6.07, 6.45) is 3.94. The Bertz CT molecular complexity index is 2410. The van der Waals surface area contributed by atoms with Crippen LogP contribution in [0, 0.1) is 19.7 Å². The van der Waals surface area contributed by atoms with E-state index in [-0.39, 0.29) is 30.3 Å². The van der Waals surface area contributed by atoms with Crippen molar-refractivity contribution in [1.82, 2.24) is 25.1 Å². The number of nitrogens with zero attached hydrogens (tertiary/aromatic N) is 6. The predicted molar refractivity (Wildman–Crippen MR) is 218 cm³/mol. The molecule has 57 heavy (non-hydrogen) atoms. The van der Waals surface area contributed by atoms with Crippen molar-refractivity contribution in [3.8, 4) is 17.0 Å². The van der Waals surface area contributed by atoms with Crippen LogP contribution in [0.15, 0.2) is 73.1 Å². The van der Waals surface area contributed by atoms with Gasteiger partial charge >= 0.3 is 6.03 Å². The average molecular weight is 770 g/mol. The lowest BCUT2D eigenvalue weighted by Gasteiger charge is -2.48. The fourth-order valence-electron chi connectivity index (χ4n) is 8.25. The van der Waals surface area contributed by atoms with Gasteiger partial charge in [0.1, 0.15) is 23.9 Å². The summed E-state index contributed by atoms with van der Waals surface area (Å²) in [4.78, 5) is 54.4. The van der Waals surface area contributed by atoms with Gasteiger partial charge in [0, 0.05) is 105 Å². The number of imide groups is 1. The fraction of sp³-hybridized carbons (Fsp3) is 0.326. The van der Waals surface area contributed by atoms with Crippen molar-refractivity contribution in [3.63, 3.8) is 0 Å². The molecule has 9 rings (SSSR count). The second-order valence-corrected chi connectivity index (χ2v) is 15.2. The number of fused-ring (bicyclic) bond motifs is 2. The van der Waals surface area contributed by atoms with Crippen LogP contribution in [0.3, 0.4) is 0 Å². The maximum atomic E-state index is 15.4. The van der Waals surface area contributed by atoms with Gasteiger partial charge in [-0.2, -0.15) is 0 Å². The van der Waals surface area contributed by atoms with Crippen LogP contribution < -0.4 is 30.5 Å². The highest BCUT2D eigenvalue weighted by atomic mass is 19.1. The number of aryl methyl sites for hydroxylation is 1. The van der Waals surface area contributed by atoms with Gasteiger partial charge in [-0.25, -0.2) is 19.2 Å². The number of halogens is 1. The summed E-state index contributed by atoms with van der Waals surface area (Å²) in [5.41, 5.74) is 7.85. The molecule has 3 aromatic carbocycles. The molecule has 0 bridgehead atoms. The number of anilines is 5. The number of nitrogens with one attached hydrogen (secondary N) is 3.